The smallest absolute Gasteiger partial charge is 0.225 e. The van der Waals surface area contributed by atoms with Crippen molar-refractivity contribution in [2.45, 2.75) is 12.8 Å². The molecule has 0 saturated heterocycles. The zero-order valence-electron chi connectivity index (χ0n) is 13.1. The summed E-state index contributed by atoms with van der Waals surface area (Å²) in [5.74, 6) is 0.348. The first-order valence-electron chi connectivity index (χ1n) is 7.56. The number of carbonyl (C=O) groups excluding carboxylic acids is 1. The van der Waals surface area contributed by atoms with Crippen LogP contribution in [0.3, 0.4) is 0 Å². The van der Waals surface area contributed by atoms with Gasteiger partial charge in [0, 0.05) is 18.7 Å². The van der Waals surface area contributed by atoms with Gasteiger partial charge in [-0.2, -0.15) is 0 Å². The van der Waals surface area contributed by atoms with E-state index >= 15 is 0 Å². The Kier molecular flexibility index (Phi) is 6.56. The molecule has 0 aromatic heterocycles. The van der Waals surface area contributed by atoms with E-state index in [9.17, 15) is 9.18 Å². The number of carbonyl (C=O) groups is 1. The van der Waals surface area contributed by atoms with Crippen molar-refractivity contribution < 1.29 is 13.9 Å². The Morgan fingerprint density at radius 2 is 1.96 bits per heavy atom. The van der Waals surface area contributed by atoms with E-state index in [1.54, 1.807) is 19.2 Å². The summed E-state index contributed by atoms with van der Waals surface area (Å²) >= 11 is 0. The maximum absolute atomic E-state index is 13.0. The van der Waals surface area contributed by atoms with Crippen molar-refractivity contribution in [2.75, 3.05) is 25.5 Å². The van der Waals surface area contributed by atoms with Gasteiger partial charge in [-0.1, -0.05) is 18.2 Å². The molecule has 0 fully saturated rings. The summed E-state index contributed by atoms with van der Waals surface area (Å²) in [4.78, 5) is 11.8. The Hall–Kier alpha value is -2.40. The molecule has 0 spiro atoms. The standard InChI is InChI=1S/C18H21FN2O2/c1-23-17-7-2-4-14(12-17)8-10-20-11-9-18(22)21-16-6-3-5-15(19)13-16/h2-7,12-13,20H,8-11H2,1H3,(H,21,22). The monoisotopic (exact) mass is 316 g/mol. The van der Waals surface area contributed by atoms with Crippen LogP contribution >= 0.6 is 0 Å². The minimum atomic E-state index is -0.362. The van der Waals surface area contributed by atoms with E-state index in [-0.39, 0.29) is 11.7 Å². The fourth-order valence-corrected chi connectivity index (χ4v) is 2.18. The van der Waals surface area contributed by atoms with E-state index in [0.717, 1.165) is 18.7 Å². The van der Waals surface area contributed by atoms with E-state index < -0.39 is 0 Å². The second-order valence-electron chi connectivity index (χ2n) is 5.16. The Labute approximate surface area is 135 Å². The molecule has 0 heterocycles. The molecular weight excluding hydrogens is 295 g/mol. The highest BCUT2D eigenvalue weighted by Crippen LogP contribution is 2.12. The molecule has 2 rings (SSSR count). The summed E-state index contributed by atoms with van der Waals surface area (Å²) in [6.45, 7) is 1.35. The highest BCUT2D eigenvalue weighted by atomic mass is 19.1. The third-order valence-corrected chi connectivity index (χ3v) is 3.36. The van der Waals surface area contributed by atoms with E-state index in [1.807, 2.05) is 24.3 Å². The summed E-state index contributed by atoms with van der Waals surface area (Å²) in [5, 5.41) is 5.89. The highest BCUT2D eigenvalue weighted by molar-refractivity contribution is 5.90. The minimum Gasteiger partial charge on any atom is -0.497 e. The first kappa shape index (κ1) is 17.0. The van der Waals surface area contributed by atoms with Crippen molar-refractivity contribution in [3.05, 3.63) is 59.9 Å². The summed E-state index contributed by atoms with van der Waals surface area (Å²) < 4.78 is 18.2. The van der Waals surface area contributed by atoms with Gasteiger partial charge in [0.1, 0.15) is 11.6 Å². The number of benzene rings is 2. The fraction of sp³-hybridized carbons (Fsp3) is 0.278. The van der Waals surface area contributed by atoms with Crippen LogP contribution in [0.5, 0.6) is 5.75 Å². The second kappa shape index (κ2) is 8.90. The number of nitrogens with one attached hydrogen (secondary N) is 2. The Morgan fingerprint density at radius 1 is 1.13 bits per heavy atom. The lowest BCUT2D eigenvalue weighted by atomic mass is 10.1. The molecule has 0 atom stereocenters. The summed E-state index contributed by atoms with van der Waals surface area (Å²) in [6.07, 6.45) is 1.21. The topological polar surface area (TPSA) is 50.4 Å². The van der Waals surface area contributed by atoms with Gasteiger partial charge in [-0.25, -0.2) is 4.39 Å². The van der Waals surface area contributed by atoms with Crippen LogP contribution in [-0.2, 0) is 11.2 Å². The van der Waals surface area contributed by atoms with Crippen molar-refractivity contribution in [1.29, 1.82) is 0 Å². The van der Waals surface area contributed by atoms with Crippen molar-refractivity contribution in [3.63, 3.8) is 0 Å². The summed E-state index contributed by atoms with van der Waals surface area (Å²) in [6, 6.07) is 13.8. The first-order valence-corrected chi connectivity index (χ1v) is 7.56. The molecule has 0 aliphatic heterocycles. The lowest BCUT2D eigenvalue weighted by Crippen LogP contribution is -2.23. The van der Waals surface area contributed by atoms with Crippen LogP contribution in [0.25, 0.3) is 0 Å². The molecule has 2 aromatic rings. The molecule has 0 bridgehead atoms. The molecule has 5 heteroatoms. The molecule has 0 aliphatic carbocycles. The van der Waals surface area contributed by atoms with Crippen LogP contribution in [0.2, 0.25) is 0 Å². The predicted molar refractivity (Wildman–Crippen MR) is 89.2 cm³/mol. The number of hydrogen-bond acceptors (Lipinski definition) is 3. The molecule has 23 heavy (non-hydrogen) atoms. The van der Waals surface area contributed by atoms with Gasteiger partial charge in [0.2, 0.25) is 5.91 Å². The van der Waals surface area contributed by atoms with Crippen LogP contribution in [0.4, 0.5) is 10.1 Å². The maximum Gasteiger partial charge on any atom is 0.225 e. The molecule has 4 nitrogen and oxygen atoms in total. The van der Waals surface area contributed by atoms with Crippen LogP contribution in [0, 0.1) is 5.82 Å². The zero-order chi connectivity index (χ0) is 16.5. The Morgan fingerprint density at radius 3 is 2.74 bits per heavy atom. The van der Waals surface area contributed by atoms with Gasteiger partial charge in [-0.3, -0.25) is 4.79 Å². The third kappa shape index (κ3) is 6.08. The Bertz CT molecular complexity index is 646. The number of methoxy groups -OCH3 is 1. The van der Waals surface area contributed by atoms with Crippen molar-refractivity contribution >= 4 is 11.6 Å². The van der Waals surface area contributed by atoms with Crippen LogP contribution < -0.4 is 15.4 Å². The molecule has 2 N–H and O–H groups in total. The minimum absolute atomic E-state index is 0.135. The molecule has 122 valence electrons. The quantitative estimate of drug-likeness (QED) is 0.736. The average Bonchev–Trinajstić information content (AvgIpc) is 2.55. The summed E-state index contributed by atoms with van der Waals surface area (Å²) in [7, 11) is 1.65. The lowest BCUT2D eigenvalue weighted by Gasteiger charge is -2.07. The van der Waals surface area contributed by atoms with Gasteiger partial charge in [0.05, 0.1) is 7.11 Å². The van der Waals surface area contributed by atoms with Gasteiger partial charge in [0.25, 0.3) is 0 Å². The van der Waals surface area contributed by atoms with Gasteiger partial charge >= 0.3 is 0 Å². The van der Waals surface area contributed by atoms with Crippen LogP contribution in [-0.4, -0.2) is 26.1 Å². The number of rotatable bonds is 8. The molecule has 0 radical (unpaired) electrons. The highest BCUT2D eigenvalue weighted by Gasteiger charge is 2.03. The lowest BCUT2D eigenvalue weighted by molar-refractivity contribution is -0.116. The molecule has 0 saturated carbocycles. The first-order chi connectivity index (χ1) is 11.2. The number of ether oxygens (including phenoxy) is 1. The van der Waals surface area contributed by atoms with Gasteiger partial charge in [0.15, 0.2) is 0 Å². The molecule has 2 aromatic carbocycles. The van der Waals surface area contributed by atoms with E-state index in [2.05, 4.69) is 10.6 Å². The Balaban J connectivity index is 1.64. The number of hydrogen-bond donors (Lipinski definition) is 2. The molecule has 1 amide bonds. The van der Waals surface area contributed by atoms with Gasteiger partial charge in [-0.15, -0.1) is 0 Å². The maximum atomic E-state index is 13.0. The molecule has 0 aliphatic rings. The third-order valence-electron chi connectivity index (χ3n) is 3.36. The van der Waals surface area contributed by atoms with E-state index in [0.29, 0.717) is 18.7 Å². The normalized spacial score (nSPS) is 10.3. The van der Waals surface area contributed by atoms with Crippen molar-refractivity contribution in [1.82, 2.24) is 5.32 Å². The van der Waals surface area contributed by atoms with Crippen LogP contribution in [0.1, 0.15) is 12.0 Å². The molecular formula is C18H21FN2O2. The number of halogens is 1. The predicted octanol–water partition coefficient (Wildman–Crippen LogP) is 3.00. The van der Waals surface area contributed by atoms with Gasteiger partial charge < -0.3 is 15.4 Å². The second-order valence-corrected chi connectivity index (χ2v) is 5.16. The molecule has 0 unspecified atom stereocenters. The van der Waals surface area contributed by atoms with E-state index in [1.165, 1.54) is 17.7 Å². The number of amides is 1. The summed E-state index contributed by atoms with van der Waals surface area (Å²) in [5.41, 5.74) is 1.66. The largest absolute Gasteiger partial charge is 0.497 e. The van der Waals surface area contributed by atoms with Crippen molar-refractivity contribution in [2.24, 2.45) is 0 Å². The average molecular weight is 316 g/mol. The van der Waals surface area contributed by atoms with Crippen molar-refractivity contribution in [3.8, 4) is 5.75 Å². The van der Waals surface area contributed by atoms with Gasteiger partial charge in [-0.05, 0) is 48.9 Å². The van der Waals surface area contributed by atoms with Crippen LogP contribution in [0.15, 0.2) is 48.5 Å². The zero-order valence-corrected chi connectivity index (χ0v) is 13.1. The van der Waals surface area contributed by atoms with E-state index in [4.69, 9.17) is 4.74 Å². The fourth-order valence-electron chi connectivity index (χ4n) is 2.18. The number of anilines is 1. The SMILES string of the molecule is COc1cccc(CCNCCC(=O)Nc2cccc(F)c2)c1.